The van der Waals surface area contributed by atoms with E-state index in [1.54, 1.807) is 0 Å². The van der Waals surface area contributed by atoms with Gasteiger partial charge in [0.1, 0.15) is 0 Å². The summed E-state index contributed by atoms with van der Waals surface area (Å²) >= 11 is 0. The highest BCUT2D eigenvalue weighted by molar-refractivity contribution is 5.24. The lowest BCUT2D eigenvalue weighted by Crippen LogP contribution is -2.24. The van der Waals surface area contributed by atoms with Gasteiger partial charge in [0.25, 0.3) is 0 Å². The first-order valence-electron chi connectivity index (χ1n) is 6.99. The molecule has 2 atom stereocenters. The van der Waals surface area contributed by atoms with Crippen LogP contribution in [0, 0.1) is 5.92 Å². The predicted molar refractivity (Wildman–Crippen MR) is 76.3 cm³/mol. The van der Waals surface area contributed by atoms with Gasteiger partial charge >= 0.3 is 0 Å². The fourth-order valence-electron chi connectivity index (χ4n) is 1.90. The molecule has 0 bridgehead atoms. The van der Waals surface area contributed by atoms with Crippen LogP contribution in [0.15, 0.2) is 24.3 Å². The van der Waals surface area contributed by atoms with Crippen molar-refractivity contribution in [1.29, 1.82) is 0 Å². The first-order chi connectivity index (χ1) is 8.17. The van der Waals surface area contributed by atoms with E-state index in [0.29, 0.717) is 6.04 Å². The third-order valence-corrected chi connectivity index (χ3v) is 3.49. The molecule has 0 aliphatic heterocycles. The molecule has 1 rings (SSSR count). The van der Waals surface area contributed by atoms with E-state index >= 15 is 0 Å². The molecule has 1 nitrogen and oxygen atoms in total. The maximum atomic E-state index is 3.60. The topological polar surface area (TPSA) is 12.0 Å². The minimum Gasteiger partial charge on any atom is -0.310 e. The Labute approximate surface area is 107 Å². The van der Waals surface area contributed by atoms with Gasteiger partial charge < -0.3 is 5.32 Å². The third kappa shape index (κ3) is 4.91. The van der Waals surface area contributed by atoms with E-state index in [-0.39, 0.29) is 0 Å². The van der Waals surface area contributed by atoms with Crippen LogP contribution in [0.2, 0.25) is 0 Å². The molecule has 0 aliphatic carbocycles. The van der Waals surface area contributed by atoms with Crippen molar-refractivity contribution in [2.75, 3.05) is 6.54 Å². The lowest BCUT2D eigenvalue weighted by atomic mass is 10.0. The van der Waals surface area contributed by atoms with E-state index in [9.17, 15) is 0 Å². The third-order valence-electron chi connectivity index (χ3n) is 3.49. The maximum absolute atomic E-state index is 3.60. The van der Waals surface area contributed by atoms with Gasteiger partial charge in [-0.25, -0.2) is 0 Å². The van der Waals surface area contributed by atoms with Crippen molar-refractivity contribution in [2.45, 2.75) is 53.0 Å². The Kier molecular flexibility index (Phi) is 6.28. The van der Waals surface area contributed by atoms with E-state index < -0.39 is 0 Å². The Morgan fingerprint density at radius 2 is 1.71 bits per heavy atom. The predicted octanol–water partition coefficient (Wildman–Crippen LogP) is 4.34. The maximum Gasteiger partial charge on any atom is 0.0291 e. The van der Waals surface area contributed by atoms with Gasteiger partial charge in [-0.2, -0.15) is 0 Å². The Bertz CT molecular complexity index is 302. The van der Waals surface area contributed by atoms with Crippen molar-refractivity contribution in [3.05, 3.63) is 35.4 Å². The van der Waals surface area contributed by atoms with Crippen LogP contribution in [0.4, 0.5) is 0 Å². The zero-order chi connectivity index (χ0) is 12.7. The Balaban J connectivity index is 2.48. The lowest BCUT2D eigenvalue weighted by Gasteiger charge is -2.17. The molecule has 2 unspecified atom stereocenters. The summed E-state index contributed by atoms with van der Waals surface area (Å²) < 4.78 is 0. The smallest absolute Gasteiger partial charge is 0.0291 e. The number of aryl methyl sites for hydroxylation is 1. The molecule has 0 amide bonds. The molecule has 1 aromatic carbocycles. The van der Waals surface area contributed by atoms with E-state index in [4.69, 9.17) is 0 Å². The van der Waals surface area contributed by atoms with Crippen LogP contribution in [-0.2, 0) is 6.42 Å². The van der Waals surface area contributed by atoms with Crippen molar-refractivity contribution in [3.8, 4) is 0 Å². The first kappa shape index (κ1) is 14.2. The summed E-state index contributed by atoms with van der Waals surface area (Å²) in [4.78, 5) is 0. The molecular formula is C16H27N. The van der Waals surface area contributed by atoms with E-state index in [2.05, 4.69) is 57.3 Å². The molecule has 0 heterocycles. The van der Waals surface area contributed by atoms with Crippen molar-refractivity contribution in [1.82, 2.24) is 5.32 Å². The summed E-state index contributed by atoms with van der Waals surface area (Å²) in [5.41, 5.74) is 2.85. The van der Waals surface area contributed by atoms with Crippen LogP contribution in [0.25, 0.3) is 0 Å². The number of rotatable bonds is 7. The Morgan fingerprint density at radius 3 is 2.24 bits per heavy atom. The van der Waals surface area contributed by atoms with Crippen LogP contribution in [0.3, 0.4) is 0 Å². The van der Waals surface area contributed by atoms with E-state index in [0.717, 1.165) is 12.5 Å². The van der Waals surface area contributed by atoms with Crippen LogP contribution >= 0.6 is 0 Å². The SMILES string of the molecule is CCCc1ccc(C(C)NCC(C)CC)cc1. The quantitative estimate of drug-likeness (QED) is 0.739. The summed E-state index contributed by atoms with van der Waals surface area (Å²) in [6.45, 7) is 10.1. The molecule has 1 heteroatoms. The highest BCUT2D eigenvalue weighted by atomic mass is 14.9. The minimum absolute atomic E-state index is 0.458. The van der Waals surface area contributed by atoms with Gasteiger partial charge in [0, 0.05) is 6.04 Å². The summed E-state index contributed by atoms with van der Waals surface area (Å²) in [7, 11) is 0. The highest BCUT2D eigenvalue weighted by Gasteiger charge is 2.06. The molecule has 17 heavy (non-hydrogen) atoms. The number of hydrogen-bond acceptors (Lipinski definition) is 1. The van der Waals surface area contributed by atoms with Gasteiger partial charge in [0.05, 0.1) is 0 Å². The second kappa shape index (κ2) is 7.50. The molecule has 0 aliphatic rings. The zero-order valence-corrected chi connectivity index (χ0v) is 11.8. The van der Waals surface area contributed by atoms with E-state index in [1.807, 2.05) is 0 Å². The first-order valence-corrected chi connectivity index (χ1v) is 6.99. The summed E-state index contributed by atoms with van der Waals surface area (Å²) in [5.74, 6) is 0.761. The minimum atomic E-state index is 0.458. The standard InChI is InChI=1S/C16H27N/c1-5-7-15-8-10-16(11-9-15)14(4)17-12-13(3)6-2/h8-11,13-14,17H,5-7,12H2,1-4H3. The van der Waals surface area contributed by atoms with Gasteiger partial charge in [-0.3, -0.25) is 0 Å². The van der Waals surface area contributed by atoms with Crippen LogP contribution < -0.4 is 5.32 Å². The molecule has 0 radical (unpaired) electrons. The van der Waals surface area contributed by atoms with Crippen LogP contribution in [-0.4, -0.2) is 6.54 Å². The summed E-state index contributed by atoms with van der Waals surface area (Å²) in [6, 6.07) is 9.51. The Hall–Kier alpha value is -0.820. The average molecular weight is 233 g/mol. The second-order valence-corrected chi connectivity index (χ2v) is 5.13. The van der Waals surface area contributed by atoms with Crippen molar-refractivity contribution < 1.29 is 0 Å². The molecule has 1 aromatic rings. The molecule has 96 valence electrons. The van der Waals surface area contributed by atoms with Crippen LogP contribution in [0.1, 0.15) is 57.7 Å². The second-order valence-electron chi connectivity index (χ2n) is 5.13. The number of hydrogen-bond donors (Lipinski definition) is 1. The lowest BCUT2D eigenvalue weighted by molar-refractivity contribution is 0.461. The van der Waals surface area contributed by atoms with Gasteiger partial charge in [0.2, 0.25) is 0 Å². The number of nitrogens with one attached hydrogen (secondary N) is 1. The Morgan fingerprint density at radius 1 is 1.06 bits per heavy atom. The van der Waals surface area contributed by atoms with Crippen molar-refractivity contribution in [2.24, 2.45) is 5.92 Å². The molecule has 0 aromatic heterocycles. The van der Waals surface area contributed by atoms with Gasteiger partial charge in [-0.05, 0) is 36.9 Å². The highest BCUT2D eigenvalue weighted by Crippen LogP contribution is 2.14. The van der Waals surface area contributed by atoms with Crippen molar-refractivity contribution in [3.63, 3.8) is 0 Å². The summed E-state index contributed by atoms with van der Waals surface area (Å²) in [6.07, 6.45) is 3.66. The molecule has 0 fully saturated rings. The molecule has 1 N–H and O–H groups in total. The molecule has 0 spiro atoms. The largest absolute Gasteiger partial charge is 0.310 e. The molecule has 0 saturated heterocycles. The van der Waals surface area contributed by atoms with Gasteiger partial charge in [-0.1, -0.05) is 57.9 Å². The molecular weight excluding hydrogens is 206 g/mol. The van der Waals surface area contributed by atoms with E-state index in [1.165, 1.54) is 30.4 Å². The van der Waals surface area contributed by atoms with Gasteiger partial charge in [-0.15, -0.1) is 0 Å². The monoisotopic (exact) mass is 233 g/mol. The fraction of sp³-hybridized carbons (Fsp3) is 0.625. The van der Waals surface area contributed by atoms with Gasteiger partial charge in [0.15, 0.2) is 0 Å². The normalized spacial score (nSPS) is 14.6. The summed E-state index contributed by atoms with van der Waals surface area (Å²) in [5, 5.41) is 3.60. The van der Waals surface area contributed by atoms with Crippen molar-refractivity contribution >= 4 is 0 Å². The number of benzene rings is 1. The fourth-order valence-corrected chi connectivity index (χ4v) is 1.90. The average Bonchev–Trinajstić information content (AvgIpc) is 2.36. The van der Waals surface area contributed by atoms with Crippen LogP contribution in [0.5, 0.6) is 0 Å². The molecule has 0 saturated carbocycles. The zero-order valence-electron chi connectivity index (χ0n) is 11.8.